The average molecular weight is 307 g/mol. The van der Waals surface area contributed by atoms with Crippen LogP contribution in [0.1, 0.15) is 38.2 Å². The minimum atomic E-state index is -0.188. The Balaban J connectivity index is 1.85. The normalized spacial score (nSPS) is 11.9. The first kappa shape index (κ1) is 16.2. The fourth-order valence-electron chi connectivity index (χ4n) is 1.77. The lowest BCUT2D eigenvalue weighted by Crippen LogP contribution is -2.30. The van der Waals surface area contributed by atoms with Crippen molar-refractivity contribution in [2.24, 2.45) is 0 Å². The highest BCUT2D eigenvalue weighted by molar-refractivity contribution is 5.91. The van der Waals surface area contributed by atoms with E-state index >= 15 is 0 Å². The first-order valence-corrected chi connectivity index (χ1v) is 6.99. The van der Waals surface area contributed by atoms with Crippen LogP contribution in [-0.4, -0.2) is 39.7 Å². The molecule has 0 aromatic carbocycles. The molecule has 22 heavy (non-hydrogen) atoms. The molecule has 0 bridgehead atoms. The maximum absolute atomic E-state index is 11.9. The van der Waals surface area contributed by atoms with Crippen LogP contribution in [0, 0.1) is 6.92 Å². The standard InChI is InChI=1S/C14H21N5O3/c1-9-6-10(17-21-9)15-12(20)8-19(5)7-11-16-13(22-18-11)14(2,3)4/h6H,7-8H2,1-5H3,(H,15,17,20). The largest absolute Gasteiger partial charge is 0.360 e. The van der Waals surface area contributed by atoms with Crippen molar-refractivity contribution in [3.8, 4) is 0 Å². The number of hydrogen-bond acceptors (Lipinski definition) is 7. The number of carbonyl (C=O) groups is 1. The number of nitrogens with one attached hydrogen (secondary N) is 1. The molecule has 2 heterocycles. The topological polar surface area (TPSA) is 97.3 Å². The highest BCUT2D eigenvalue weighted by atomic mass is 16.5. The van der Waals surface area contributed by atoms with Gasteiger partial charge in [-0.1, -0.05) is 31.1 Å². The third-order valence-corrected chi connectivity index (χ3v) is 2.83. The zero-order valence-electron chi connectivity index (χ0n) is 13.5. The van der Waals surface area contributed by atoms with Gasteiger partial charge in [0, 0.05) is 11.5 Å². The summed E-state index contributed by atoms with van der Waals surface area (Å²) >= 11 is 0. The lowest BCUT2D eigenvalue weighted by Gasteiger charge is -2.13. The van der Waals surface area contributed by atoms with Gasteiger partial charge in [-0.2, -0.15) is 4.98 Å². The highest BCUT2D eigenvalue weighted by Gasteiger charge is 2.22. The molecule has 0 saturated carbocycles. The van der Waals surface area contributed by atoms with Crippen LogP contribution in [0.5, 0.6) is 0 Å². The first-order valence-electron chi connectivity index (χ1n) is 6.99. The molecule has 0 spiro atoms. The van der Waals surface area contributed by atoms with Crippen LogP contribution in [0.3, 0.4) is 0 Å². The molecule has 0 saturated heterocycles. The van der Waals surface area contributed by atoms with Gasteiger partial charge < -0.3 is 14.4 Å². The van der Waals surface area contributed by atoms with Gasteiger partial charge in [-0.3, -0.25) is 9.69 Å². The summed E-state index contributed by atoms with van der Waals surface area (Å²) in [5, 5.41) is 10.3. The predicted molar refractivity (Wildman–Crippen MR) is 79.2 cm³/mol. The number of rotatable bonds is 5. The Kier molecular flexibility index (Phi) is 4.60. The molecule has 0 radical (unpaired) electrons. The van der Waals surface area contributed by atoms with E-state index in [0.29, 0.717) is 29.8 Å². The maximum Gasteiger partial charge on any atom is 0.239 e. The molecule has 0 unspecified atom stereocenters. The van der Waals surface area contributed by atoms with E-state index in [2.05, 4.69) is 20.6 Å². The van der Waals surface area contributed by atoms with Gasteiger partial charge in [0.05, 0.1) is 13.1 Å². The van der Waals surface area contributed by atoms with Gasteiger partial charge in [0.15, 0.2) is 11.6 Å². The molecule has 0 aliphatic rings. The van der Waals surface area contributed by atoms with Crippen molar-refractivity contribution < 1.29 is 13.8 Å². The number of aryl methyl sites for hydroxylation is 1. The van der Waals surface area contributed by atoms with Gasteiger partial charge >= 0.3 is 0 Å². The molecule has 0 aliphatic carbocycles. The minimum absolute atomic E-state index is 0.185. The molecule has 120 valence electrons. The number of aromatic nitrogens is 3. The minimum Gasteiger partial charge on any atom is -0.360 e. The van der Waals surface area contributed by atoms with Crippen LogP contribution in [0.25, 0.3) is 0 Å². The molecule has 0 aliphatic heterocycles. The Bertz CT molecular complexity index is 641. The summed E-state index contributed by atoms with van der Waals surface area (Å²) in [6.07, 6.45) is 0. The number of hydrogen-bond donors (Lipinski definition) is 1. The summed E-state index contributed by atoms with van der Waals surface area (Å²) in [4.78, 5) is 18.0. The summed E-state index contributed by atoms with van der Waals surface area (Å²) in [7, 11) is 1.81. The van der Waals surface area contributed by atoms with E-state index in [1.807, 2.05) is 20.8 Å². The smallest absolute Gasteiger partial charge is 0.239 e. The summed E-state index contributed by atoms with van der Waals surface area (Å²) in [6.45, 7) is 8.37. The summed E-state index contributed by atoms with van der Waals surface area (Å²) in [5.41, 5.74) is -0.188. The van der Waals surface area contributed by atoms with Crippen molar-refractivity contribution in [1.29, 1.82) is 0 Å². The second-order valence-corrected chi connectivity index (χ2v) is 6.31. The van der Waals surface area contributed by atoms with Gasteiger partial charge in [0.2, 0.25) is 11.8 Å². The number of amides is 1. The number of carbonyl (C=O) groups excluding carboxylic acids is 1. The Morgan fingerprint density at radius 3 is 2.59 bits per heavy atom. The number of nitrogens with zero attached hydrogens (tertiary/aromatic N) is 4. The van der Waals surface area contributed by atoms with Crippen LogP contribution in [0.15, 0.2) is 15.1 Å². The Labute approximate surface area is 128 Å². The van der Waals surface area contributed by atoms with E-state index in [1.165, 1.54) is 0 Å². The van der Waals surface area contributed by atoms with Gasteiger partial charge in [-0.15, -0.1) is 0 Å². The molecule has 1 amide bonds. The molecule has 2 aromatic heterocycles. The van der Waals surface area contributed by atoms with Crippen molar-refractivity contribution in [2.45, 2.75) is 39.7 Å². The van der Waals surface area contributed by atoms with E-state index in [4.69, 9.17) is 9.05 Å². The van der Waals surface area contributed by atoms with Crippen molar-refractivity contribution in [3.05, 3.63) is 23.5 Å². The Morgan fingerprint density at radius 1 is 1.32 bits per heavy atom. The van der Waals surface area contributed by atoms with Gasteiger partial charge in [0.25, 0.3) is 0 Å². The number of likely N-dealkylation sites (N-methyl/N-ethyl adjacent to an activating group) is 1. The van der Waals surface area contributed by atoms with Crippen molar-refractivity contribution >= 4 is 11.7 Å². The first-order chi connectivity index (χ1) is 10.2. The molecular formula is C14H21N5O3. The van der Waals surface area contributed by atoms with Crippen LogP contribution >= 0.6 is 0 Å². The van der Waals surface area contributed by atoms with E-state index < -0.39 is 0 Å². The zero-order valence-corrected chi connectivity index (χ0v) is 13.5. The van der Waals surface area contributed by atoms with Crippen LogP contribution < -0.4 is 5.32 Å². The molecule has 2 aromatic rings. The van der Waals surface area contributed by atoms with Crippen LogP contribution in [0.4, 0.5) is 5.82 Å². The third-order valence-electron chi connectivity index (χ3n) is 2.83. The zero-order chi connectivity index (χ0) is 16.3. The summed E-state index contributed by atoms with van der Waals surface area (Å²) < 4.78 is 10.1. The van der Waals surface area contributed by atoms with E-state index in [9.17, 15) is 4.79 Å². The third kappa shape index (κ3) is 4.39. The van der Waals surface area contributed by atoms with E-state index in [-0.39, 0.29) is 17.9 Å². The predicted octanol–water partition coefficient (Wildman–Crippen LogP) is 1.73. The highest BCUT2D eigenvalue weighted by Crippen LogP contribution is 2.19. The quantitative estimate of drug-likeness (QED) is 0.898. The van der Waals surface area contributed by atoms with E-state index in [0.717, 1.165) is 0 Å². The monoisotopic (exact) mass is 307 g/mol. The molecule has 8 heteroatoms. The molecule has 0 fully saturated rings. The molecule has 2 rings (SSSR count). The van der Waals surface area contributed by atoms with Crippen molar-refractivity contribution in [1.82, 2.24) is 20.2 Å². The maximum atomic E-state index is 11.9. The van der Waals surface area contributed by atoms with Gasteiger partial charge in [0.1, 0.15) is 5.76 Å². The Morgan fingerprint density at radius 2 is 2.05 bits per heavy atom. The fraction of sp³-hybridized carbons (Fsp3) is 0.571. The molecule has 8 nitrogen and oxygen atoms in total. The second kappa shape index (κ2) is 6.27. The molecule has 0 atom stereocenters. The van der Waals surface area contributed by atoms with Crippen LogP contribution in [0.2, 0.25) is 0 Å². The van der Waals surface area contributed by atoms with E-state index in [1.54, 1.807) is 24.9 Å². The fourth-order valence-corrected chi connectivity index (χ4v) is 1.77. The lowest BCUT2D eigenvalue weighted by atomic mass is 9.97. The second-order valence-electron chi connectivity index (χ2n) is 6.31. The van der Waals surface area contributed by atoms with Crippen molar-refractivity contribution in [3.63, 3.8) is 0 Å². The average Bonchev–Trinajstić information content (AvgIpc) is 2.97. The number of anilines is 1. The summed E-state index contributed by atoms with van der Waals surface area (Å²) in [6, 6.07) is 1.66. The van der Waals surface area contributed by atoms with Crippen LogP contribution in [-0.2, 0) is 16.8 Å². The lowest BCUT2D eigenvalue weighted by molar-refractivity contribution is -0.117. The SMILES string of the molecule is Cc1cc(NC(=O)CN(C)Cc2noc(C(C)(C)C)n2)no1. The molecular weight excluding hydrogens is 286 g/mol. The van der Waals surface area contributed by atoms with Crippen molar-refractivity contribution in [2.75, 3.05) is 18.9 Å². The summed E-state index contributed by atoms with van der Waals surface area (Å²) in [5.74, 6) is 2.00. The molecule has 1 N–H and O–H groups in total. The van der Waals surface area contributed by atoms with Gasteiger partial charge in [-0.25, -0.2) is 0 Å². The Hall–Kier alpha value is -2.22. The van der Waals surface area contributed by atoms with Gasteiger partial charge in [-0.05, 0) is 14.0 Å².